The second kappa shape index (κ2) is 10.3. The standard InChI is InChI=1S/C22H24Cl2N4OS/c1-14(2)12-19(25-21(29)17-6-4-5-7-18(17)24)20-26-27-22(28(20)3)30-13-15-8-10-16(23)11-9-15/h4-11,14,19H,12-13H2,1-3H3,(H,25,29)/t19-/m1/s1. The monoisotopic (exact) mass is 462 g/mol. The molecule has 0 aliphatic carbocycles. The summed E-state index contributed by atoms with van der Waals surface area (Å²) in [6.07, 6.45) is 0.740. The average Bonchev–Trinajstić information content (AvgIpc) is 3.07. The van der Waals surface area contributed by atoms with Crippen molar-refractivity contribution >= 4 is 40.9 Å². The predicted octanol–water partition coefficient (Wildman–Crippen LogP) is 5.93. The minimum absolute atomic E-state index is 0.218. The topological polar surface area (TPSA) is 59.8 Å². The van der Waals surface area contributed by atoms with E-state index in [4.69, 9.17) is 23.2 Å². The molecular formula is C22H24Cl2N4OS. The minimum Gasteiger partial charge on any atom is -0.342 e. The molecule has 30 heavy (non-hydrogen) atoms. The lowest BCUT2D eigenvalue weighted by molar-refractivity contribution is 0.0929. The van der Waals surface area contributed by atoms with Gasteiger partial charge >= 0.3 is 0 Å². The molecule has 0 saturated carbocycles. The Morgan fingerprint density at radius 1 is 1.10 bits per heavy atom. The molecule has 1 heterocycles. The summed E-state index contributed by atoms with van der Waals surface area (Å²) in [4.78, 5) is 12.8. The number of carbonyl (C=O) groups excluding carboxylic acids is 1. The van der Waals surface area contributed by atoms with Crippen molar-refractivity contribution in [1.29, 1.82) is 0 Å². The Morgan fingerprint density at radius 3 is 2.47 bits per heavy atom. The Bertz CT molecular complexity index is 1000. The van der Waals surface area contributed by atoms with E-state index in [0.717, 1.165) is 33.7 Å². The van der Waals surface area contributed by atoms with Gasteiger partial charge < -0.3 is 9.88 Å². The van der Waals surface area contributed by atoms with Gasteiger partial charge in [0.1, 0.15) is 0 Å². The fourth-order valence-electron chi connectivity index (χ4n) is 3.07. The maximum Gasteiger partial charge on any atom is 0.253 e. The lowest BCUT2D eigenvalue weighted by atomic mass is 10.0. The van der Waals surface area contributed by atoms with E-state index in [0.29, 0.717) is 16.5 Å². The van der Waals surface area contributed by atoms with Crippen LogP contribution in [0.4, 0.5) is 0 Å². The third-order valence-electron chi connectivity index (χ3n) is 4.59. The van der Waals surface area contributed by atoms with Crippen molar-refractivity contribution in [2.75, 3.05) is 0 Å². The number of amides is 1. The Hall–Kier alpha value is -2.02. The highest BCUT2D eigenvalue weighted by Gasteiger charge is 2.24. The van der Waals surface area contributed by atoms with E-state index >= 15 is 0 Å². The fourth-order valence-corrected chi connectivity index (χ4v) is 4.29. The first-order chi connectivity index (χ1) is 14.3. The van der Waals surface area contributed by atoms with Crippen LogP contribution in [-0.4, -0.2) is 20.7 Å². The molecule has 0 saturated heterocycles. The largest absolute Gasteiger partial charge is 0.342 e. The molecule has 2 aromatic carbocycles. The number of benzene rings is 2. The second-order valence-corrected chi connectivity index (χ2v) is 9.24. The molecule has 1 atom stereocenters. The summed E-state index contributed by atoms with van der Waals surface area (Å²) in [5.41, 5.74) is 1.60. The van der Waals surface area contributed by atoms with Crippen LogP contribution in [0.25, 0.3) is 0 Å². The van der Waals surface area contributed by atoms with E-state index in [1.54, 1.807) is 36.0 Å². The molecule has 0 aliphatic rings. The van der Waals surface area contributed by atoms with E-state index in [2.05, 4.69) is 29.4 Å². The van der Waals surface area contributed by atoms with Gasteiger partial charge in [-0.1, -0.05) is 73.1 Å². The summed E-state index contributed by atoms with van der Waals surface area (Å²) in [5, 5.41) is 13.8. The summed E-state index contributed by atoms with van der Waals surface area (Å²) in [5.74, 6) is 1.62. The van der Waals surface area contributed by atoms with Gasteiger partial charge in [0.25, 0.3) is 5.91 Å². The van der Waals surface area contributed by atoms with Crippen LogP contribution in [0.3, 0.4) is 0 Å². The molecule has 1 amide bonds. The number of nitrogens with zero attached hydrogens (tertiary/aromatic N) is 3. The SMILES string of the molecule is CC(C)C[C@@H](NC(=O)c1ccccc1Cl)c1nnc(SCc2ccc(Cl)cc2)n1C. The van der Waals surface area contributed by atoms with Gasteiger partial charge in [-0.05, 0) is 42.2 Å². The Kier molecular flexibility index (Phi) is 7.81. The molecule has 0 radical (unpaired) electrons. The predicted molar refractivity (Wildman–Crippen MR) is 123 cm³/mol. The van der Waals surface area contributed by atoms with Crippen LogP contribution in [-0.2, 0) is 12.8 Å². The number of hydrogen-bond acceptors (Lipinski definition) is 4. The van der Waals surface area contributed by atoms with Crippen molar-refractivity contribution in [2.45, 2.75) is 37.2 Å². The zero-order chi connectivity index (χ0) is 21.7. The number of nitrogens with one attached hydrogen (secondary N) is 1. The Morgan fingerprint density at radius 2 is 1.80 bits per heavy atom. The number of hydrogen-bond donors (Lipinski definition) is 1. The number of rotatable bonds is 8. The fraction of sp³-hybridized carbons (Fsp3) is 0.318. The smallest absolute Gasteiger partial charge is 0.253 e. The average molecular weight is 463 g/mol. The van der Waals surface area contributed by atoms with Gasteiger partial charge in [-0.2, -0.15) is 0 Å². The highest BCUT2D eigenvalue weighted by Crippen LogP contribution is 2.27. The summed E-state index contributed by atoms with van der Waals surface area (Å²) < 4.78 is 1.94. The Labute approximate surface area is 191 Å². The van der Waals surface area contributed by atoms with Crippen LogP contribution < -0.4 is 5.32 Å². The molecule has 5 nitrogen and oxygen atoms in total. The van der Waals surface area contributed by atoms with Gasteiger partial charge in [0.05, 0.1) is 16.6 Å². The molecule has 0 spiro atoms. The van der Waals surface area contributed by atoms with Crippen molar-refractivity contribution in [1.82, 2.24) is 20.1 Å². The number of thioether (sulfide) groups is 1. The first-order valence-electron chi connectivity index (χ1n) is 9.67. The van der Waals surface area contributed by atoms with Crippen molar-refractivity contribution in [3.05, 3.63) is 75.5 Å². The van der Waals surface area contributed by atoms with Crippen LogP contribution in [0.5, 0.6) is 0 Å². The second-order valence-electron chi connectivity index (χ2n) is 7.45. The zero-order valence-corrected chi connectivity index (χ0v) is 19.4. The summed E-state index contributed by atoms with van der Waals surface area (Å²) in [6, 6.07) is 14.5. The van der Waals surface area contributed by atoms with Crippen LogP contribution in [0.1, 0.15) is 48.1 Å². The maximum atomic E-state index is 12.8. The van der Waals surface area contributed by atoms with Crippen molar-refractivity contribution < 1.29 is 4.79 Å². The quantitative estimate of drug-likeness (QED) is 0.421. The normalized spacial score (nSPS) is 12.2. The van der Waals surface area contributed by atoms with E-state index in [1.165, 1.54) is 0 Å². The molecular weight excluding hydrogens is 439 g/mol. The Balaban J connectivity index is 1.76. The lowest BCUT2D eigenvalue weighted by Crippen LogP contribution is -2.31. The van der Waals surface area contributed by atoms with Gasteiger partial charge in [-0.25, -0.2) is 0 Å². The van der Waals surface area contributed by atoms with Crippen LogP contribution in [0, 0.1) is 5.92 Å². The molecule has 8 heteroatoms. The molecule has 3 aromatic rings. The summed E-state index contributed by atoms with van der Waals surface area (Å²) in [7, 11) is 1.93. The molecule has 3 rings (SSSR count). The summed E-state index contributed by atoms with van der Waals surface area (Å²) in [6.45, 7) is 4.22. The number of carbonyl (C=O) groups is 1. The zero-order valence-electron chi connectivity index (χ0n) is 17.1. The van der Waals surface area contributed by atoms with Crippen LogP contribution in [0.15, 0.2) is 53.7 Å². The van der Waals surface area contributed by atoms with Crippen LogP contribution in [0.2, 0.25) is 10.0 Å². The molecule has 1 N–H and O–H groups in total. The molecule has 0 bridgehead atoms. The molecule has 1 aromatic heterocycles. The molecule has 0 fully saturated rings. The molecule has 0 aliphatic heterocycles. The van der Waals surface area contributed by atoms with Gasteiger partial charge in [-0.3, -0.25) is 4.79 Å². The molecule has 158 valence electrons. The van der Waals surface area contributed by atoms with Crippen molar-refractivity contribution in [2.24, 2.45) is 13.0 Å². The lowest BCUT2D eigenvalue weighted by Gasteiger charge is -2.20. The van der Waals surface area contributed by atoms with Gasteiger partial charge in [0.15, 0.2) is 11.0 Å². The third-order valence-corrected chi connectivity index (χ3v) is 6.27. The number of halogens is 2. The minimum atomic E-state index is -0.267. The first-order valence-corrected chi connectivity index (χ1v) is 11.4. The van der Waals surface area contributed by atoms with Crippen molar-refractivity contribution in [3.8, 4) is 0 Å². The van der Waals surface area contributed by atoms with Gasteiger partial charge in [0.2, 0.25) is 0 Å². The van der Waals surface area contributed by atoms with E-state index in [-0.39, 0.29) is 11.9 Å². The molecule has 0 unspecified atom stereocenters. The third kappa shape index (κ3) is 5.78. The first kappa shape index (κ1) is 22.7. The van der Waals surface area contributed by atoms with E-state index in [1.807, 2.05) is 35.9 Å². The highest BCUT2D eigenvalue weighted by molar-refractivity contribution is 7.98. The maximum absolute atomic E-state index is 12.8. The van der Waals surface area contributed by atoms with Gasteiger partial charge in [0, 0.05) is 17.8 Å². The summed E-state index contributed by atoms with van der Waals surface area (Å²) >= 11 is 13.7. The van der Waals surface area contributed by atoms with Crippen molar-refractivity contribution in [3.63, 3.8) is 0 Å². The van der Waals surface area contributed by atoms with Gasteiger partial charge in [-0.15, -0.1) is 10.2 Å². The van der Waals surface area contributed by atoms with E-state index in [9.17, 15) is 4.79 Å². The highest BCUT2D eigenvalue weighted by atomic mass is 35.5. The van der Waals surface area contributed by atoms with E-state index < -0.39 is 0 Å². The number of aromatic nitrogens is 3. The van der Waals surface area contributed by atoms with Crippen LogP contribution >= 0.6 is 35.0 Å².